The molecule has 8 heteroatoms. The molecule has 4 rings (SSSR count). The minimum atomic E-state index is -0.746. The largest absolute Gasteiger partial charge is 0.450 e. The molecule has 4 radical (unpaired) electrons. The topological polar surface area (TPSA) is 80.9 Å². The average molecular weight is 428 g/mol. The monoisotopic (exact) mass is 428 g/mol. The fourth-order valence-corrected chi connectivity index (χ4v) is 4.28. The Labute approximate surface area is 196 Å². The van der Waals surface area contributed by atoms with Gasteiger partial charge >= 0.3 is 29.9 Å². The van der Waals surface area contributed by atoms with Gasteiger partial charge in [-0.15, -0.1) is 0 Å². The molecule has 4 aromatic rings. The van der Waals surface area contributed by atoms with Gasteiger partial charge in [0.25, 0.3) is 0 Å². The van der Waals surface area contributed by atoms with Crippen LogP contribution in [0, 0.1) is 0 Å². The fraction of sp³-hybridized carbons (Fsp3) is 0.0400. The Morgan fingerprint density at radius 2 is 0.515 bits per heavy atom. The van der Waals surface area contributed by atoms with Gasteiger partial charge in [0.1, 0.15) is 0 Å². The van der Waals surface area contributed by atoms with Crippen LogP contribution in [0.1, 0.15) is 22.3 Å². The molecule has 0 spiro atoms. The van der Waals surface area contributed by atoms with Gasteiger partial charge in [-0.3, -0.25) is 0 Å². The second-order valence-corrected chi connectivity index (χ2v) is 7.75. The zero-order valence-electron chi connectivity index (χ0n) is 17.8. The Kier molecular flexibility index (Phi) is 7.21. The molecule has 0 aromatic heterocycles. The van der Waals surface area contributed by atoms with Crippen molar-refractivity contribution in [1.82, 2.24) is 0 Å². The molecule has 4 aromatic carbocycles. The molecule has 0 aliphatic carbocycles. The van der Waals surface area contributed by atoms with Gasteiger partial charge in [-0.05, 0) is 22.3 Å². The van der Waals surface area contributed by atoms with Crippen LogP contribution in [0.5, 0.6) is 0 Å². The molecule has 0 amide bonds. The molecular formula is C25H20B4O4. The van der Waals surface area contributed by atoms with Crippen LogP contribution >= 0.6 is 0 Å². The van der Waals surface area contributed by atoms with Crippen LogP contribution in [0.3, 0.4) is 0 Å². The summed E-state index contributed by atoms with van der Waals surface area (Å²) in [4.78, 5) is 0. The smallest absolute Gasteiger partial charge is 0.326 e. The van der Waals surface area contributed by atoms with Crippen LogP contribution in [-0.4, -0.2) is 50.0 Å². The molecule has 0 atom stereocenters. The summed E-state index contributed by atoms with van der Waals surface area (Å²) >= 11 is 0. The molecule has 33 heavy (non-hydrogen) atoms. The van der Waals surface area contributed by atoms with Crippen molar-refractivity contribution >= 4 is 51.8 Å². The Morgan fingerprint density at radius 3 is 0.667 bits per heavy atom. The maximum atomic E-state index is 9.45. The minimum Gasteiger partial charge on any atom is -0.450 e. The predicted molar refractivity (Wildman–Crippen MR) is 135 cm³/mol. The highest BCUT2D eigenvalue weighted by Crippen LogP contribution is 2.44. The lowest BCUT2D eigenvalue weighted by atomic mass is 9.63. The lowest BCUT2D eigenvalue weighted by molar-refractivity contribution is 0.615. The molecule has 0 bridgehead atoms. The van der Waals surface area contributed by atoms with Crippen molar-refractivity contribution < 1.29 is 20.1 Å². The number of benzene rings is 4. The van der Waals surface area contributed by atoms with Crippen LogP contribution in [0.15, 0.2) is 97.1 Å². The van der Waals surface area contributed by atoms with E-state index in [0.29, 0.717) is 21.9 Å². The summed E-state index contributed by atoms with van der Waals surface area (Å²) in [5.74, 6) is 0. The molecule has 0 aliphatic rings. The highest BCUT2D eigenvalue weighted by atomic mass is 16.2. The molecule has 0 saturated heterocycles. The molecule has 0 saturated carbocycles. The van der Waals surface area contributed by atoms with Gasteiger partial charge in [0.15, 0.2) is 0 Å². The van der Waals surface area contributed by atoms with Crippen molar-refractivity contribution in [2.75, 3.05) is 0 Å². The Hall–Kier alpha value is -3.02. The zero-order valence-corrected chi connectivity index (χ0v) is 17.8. The third-order valence-electron chi connectivity index (χ3n) is 5.97. The summed E-state index contributed by atoms with van der Waals surface area (Å²) in [6, 6.07) is 30.7. The van der Waals surface area contributed by atoms with E-state index < -0.39 is 5.41 Å². The highest BCUT2D eigenvalue weighted by molar-refractivity contribution is 6.46. The second kappa shape index (κ2) is 10.3. The van der Waals surface area contributed by atoms with Gasteiger partial charge in [0.2, 0.25) is 0 Å². The van der Waals surface area contributed by atoms with Crippen LogP contribution in [0.2, 0.25) is 0 Å². The molecule has 4 nitrogen and oxygen atoms in total. The summed E-state index contributed by atoms with van der Waals surface area (Å²) in [5, 5.41) is 37.8. The SMILES string of the molecule is O[B]c1ccc(C(c2ccc([B]O)cc2)(c2ccc([B]O)cc2)c2ccc([B]O)cc2)cc1. The molecule has 4 N–H and O–H groups in total. The maximum Gasteiger partial charge on any atom is 0.326 e. The summed E-state index contributed by atoms with van der Waals surface area (Å²) in [6.45, 7) is 0. The van der Waals surface area contributed by atoms with E-state index >= 15 is 0 Å². The summed E-state index contributed by atoms with van der Waals surface area (Å²) in [5.41, 5.74) is 5.88. The molecule has 0 fully saturated rings. The van der Waals surface area contributed by atoms with Gasteiger partial charge in [-0.25, -0.2) is 0 Å². The average Bonchev–Trinajstić information content (AvgIpc) is 2.90. The summed E-state index contributed by atoms with van der Waals surface area (Å²) in [7, 11) is 4.26. The van der Waals surface area contributed by atoms with Crippen molar-refractivity contribution in [3.8, 4) is 0 Å². The third-order valence-corrected chi connectivity index (χ3v) is 5.97. The highest BCUT2D eigenvalue weighted by Gasteiger charge is 2.38. The van der Waals surface area contributed by atoms with Crippen molar-refractivity contribution in [2.24, 2.45) is 0 Å². The number of hydrogen-bond donors (Lipinski definition) is 4. The maximum absolute atomic E-state index is 9.45. The van der Waals surface area contributed by atoms with Crippen LogP contribution < -0.4 is 21.9 Å². The van der Waals surface area contributed by atoms with Crippen molar-refractivity contribution in [2.45, 2.75) is 5.41 Å². The Morgan fingerprint density at radius 1 is 0.333 bits per heavy atom. The standard InChI is InChI=1S/C25H20B4O4/c30-26-21-9-1-17(2-10-21)25(18-3-11-22(27-31)12-4-18,19-5-13-23(28-32)14-6-19)20-7-15-24(29-33)16-8-20/h1-16,30-33H. The first-order chi connectivity index (χ1) is 16.1. The van der Waals surface area contributed by atoms with Crippen molar-refractivity contribution in [3.63, 3.8) is 0 Å². The Bertz CT molecular complexity index is 984. The van der Waals surface area contributed by atoms with Gasteiger partial charge in [-0.1, -0.05) is 119 Å². The number of rotatable bonds is 8. The molecule has 156 valence electrons. The first kappa shape index (κ1) is 23.1. The predicted octanol–water partition coefficient (Wildman–Crippen LogP) is -0.983. The summed E-state index contributed by atoms with van der Waals surface area (Å²) < 4.78 is 0. The Balaban J connectivity index is 2.05. The molecule has 0 aliphatic heterocycles. The van der Waals surface area contributed by atoms with Crippen molar-refractivity contribution in [3.05, 3.63) is 119 Å². The lowest BCUT2D eigenvalue weighted by Crippen LogP contribution is -2.33. The van der Waals surface area contributed by atoms with Crippen LogP contribution in [0.4, 0.5) is 0 Å². The van der Waals surface area contributed by atoms with Crippen LogP contribution in [-0.2, 0) is 5.41 Å². The minimum absolute atomic E-state index is 0.688. The van der Waals surface area contributed by atoms with E-state index in [2.05, 4.69) is 0 Å². The summed E-state index contributed by atoms with van der Waals surface area (Å²) in [6.07, 6.45) is 0. The van der Waals surface area contributed by atoms with E-state index in [1.165, 1.54) is 0 Å². The van der Waals surface area contributed by atoms with E-state index in [9.17, 15) is 20.1 Å². The quantitative estimate of drug-likeness (QED) is 0.215. The van der Waals surface area contributed by atoms with Crippen molar-refractivity contribution in [1.29, 1.82) is 0 Å². The van der Waals surface area contributed by atoms with Gasteiger partial charge in [0, 0.05) is 0 Å². The zero-order chi connectivity index (χ0) is 23.3. The normalized spacial score (nSPS) is 11.0. The van der Waals surface area contributed by atoms with Crippen LogP contribution in [0.25, 0.3) is 0 Å². The van der Waals surface area contributed by atoms with E-state index in [0.717, 1.165) is 52.2 Å². The third kappa shape index (κ3) is 4.43. The molecule has 0 heterocycles. The van der Waals surface area contributed by atoms with E-state index in [-0.39, 0.29) is 0 Å². The van der Waals surface area contributed by atoms with E-state index in [4.69, 9.17) is 0 Å². The lowest BCUT2D eigenvalue weighted by Gasteiger charge is -2.37. The molecule has 0 unspecified atom stereocenters. The van der Waals surface area contributed by atoms with E-state index in [1.807, 2.05) is 97.1 Å². The molecular weight excluding hydrogens is 408 g/mol. The fourth-order valence-electron chi connectivity index (χ4n) is 4.28. The van der Waals surface area contributed by atoms with Gasteiger partial charge in [0.05, 0.1) is 5.41 Å². The number of hydrogen-bond acceptors (Lipinski definition) is 4. The van der Waals surface area contributed by atoms with E-state index in [1.54, 1.807) is 0 Å². The first-order valence-corrected chi connectivity index (χ1v) is 10.5. The second-order valence-electron chi connectivity index (χ2n) is 7.75. The first-order valence-electron chi connectivity index (χ1n) is 10.5. The van der Waals surface area contributed by atoms with Gasteiger partial charge in [-0.2, -0.15) is 0 Å². The van der Waals surface area contributed by atoms with Gasteiger partial charge < -0.3 is 20.1 Å².